The molecule has 18 heavy (non-hydrogen) atoms. The number of carbonyl (C=O) groups excluding carboxylic acids is 1. The molecule has 0 aliphatic heterocycles. The van der Waals surface area contributed by atoms with Crippen LogP contribution in [0.4, 0.5) is 0 Å². The molecule has 7 heteroatoms. The topological polar surface area (TPSA) is 100 Å². The first kappa shape index (κ1) is 17.3. The Bertz CT molecular complexity index is 212. The molecule has 7 nitrogen and oxygen atoms in total. The number of aliphatic hydroxyl groups is 1. The van der Waals surface area contributed by atoms with Crippen molar-refractivity contribution in [3.63, 3.8) is 0 Å². The van der Waals surface area contributed by atoms with E-state index in [1.807, 2.05) is 0 Å². The third kappa shape index (κ3) is 9.32. The summed E-state index contributed by atoms with van der Waals surface area (Å²) in [5.74, 6) is -0.634. The van der Waals surface area contributed by atoms with Gasteiger partial charge in [-0.15, -0.1) is 0 Å². The second kappa shape index (κ2) is 11.4. The van der Waals surface area contributed by atoms with Crippen molar-refractivity contribution in [2.75, 3.05) is 46.8 Å². The molecule has 3 N–H and O–H groups in total. The van der Waals surface area contributed by atoms with Gasteiger partial charge in [0.1, 0.15) is 12.6 Å². The average Bonchev–Trinajstić information content (AvgIpc) is 2.35. The molecular weight excluding hydrogens is 242 g/mol. The first-order valence-electron chi connectivity index (χ1n) is 5.84. The zero-order chi connectivity index (χ0) is 13.8. The fourth-order valence-corrected chi connectivity index (χ4v) is 0.959. The first-order chi connectivity index (χ1) is 8.59. The Kier molecular flexibility index (Phi) is 10.9. The van der Waals surface area contributed by atoms with E-state index >= 15 is 0 Å². The second-order valence-electron chi connectivity index (χ2n) is 3.65. The molecule has 0 aromatic heterocycles. The molecule has 0 aliphatic carbocycles. The van der Waals surface area contributed by atoms with Crippen LogP contribution in [0.25, 0.3) is 0 Å². The molecule has 2 atom stereocenters. The maximum absolute atomic E-state index is 11.2. The predicted molar refractivity (Wildman–Crippen MR) is 64.1 cm³/mol. The van der Waals surface area contributed by atoms with Crippen LogP contribution in [0.15, 0.2) is 0 Å². The number of hydrogen-bond donors (Lipinski definition) is 2. The molecule has 0 saturated heterocycles. The van der Waals surface area contributed by atoms with Gasteiger partial charge in [0.15, 0.2) is 0 Å². The lowest BCUT2D eigenvalue weighted by Crippen LogP contribution is -2.41. The van der Waals surface area contributed by atoms with Crippen LogP contribution in [-0.2, 0) is 23.7 Å². The Hall–Kier alpha value is -0.730. The lowest BCUT2D eigenvalue weighted by Gasteiger charge is -2.13. The molecule has 0 aliphatic rings. The maximum Gasteiger partial charge on any atom is 0.325 e. The minimum Gasteiger partial charge on any atom is -0.462 e. The first-order valence-corrected chi connectivity index (χ1v) is 5.84. The van der Waals surface area contributed by atoms with E-state index in [4.69, 9.17) is 29.8 Å². The Morgan fingerprint density at radius 3 is 2.11 bits per heavy atom. The van der Waals surface area contributed by atoms with Gasteiger partial charge in [-0.25, -0.2) is 0 Å². The summed E-state index contributed by atoms with van der Waals surface area (Å²) in [7, 11) is 1.60. The molecule has 0 rings (SSSR count). The molecule has 0 aromatic carbocycles. The summed E-state index contributed by atoms with van der Waals surface area (Å²) in [4.78, 5) is 11.2. The summed E-state index contributed by atoms with van der Waals surface area (Å²) in [5.41, 5.74) is 5.37. The van der Waals surface area contributed by atoms with Crippen LogP contribution >= 0.6 is 0 Å². The zero-order valence-electron chi connectivity index (χ0n) is 11.0. The lowest BCUT2D eigenvalue weighted by molar-refractivity contribution is -0.149. The summed E-state index contributed by atoms with van der Waals surface area (Å²) >= 11 is 0. The fraction of sp³-hybridized carbons (Fsp3) is 0.909. The maximum atomic E-state index is 11.2. The van der Waals surface area contributed by atoms with E-state index < -0.39 is 18.1 Å². The van der Waals surface area contributed by atoms with Crippen LogP contribution in [0.5, 0.6) is 0 Å². The van der Waals surface area contributed by atoms with Gasteiger partial charge in [-0.2, -0.15) is 0 Å². The minimum absolute atomic E-state index is 0.108. The Morgan fingerprint density at radius 2 is 1.61 bits per heavy atom. The number of ether oxygens (including phenoxy) is 4. The summed E-state index contributed by atoms with van der Waals surface area (Å²) in [6.07, 6.45) is -0.924. The SMILES string of the molecule is COCCOCCOCCOC(=O)C(N)C(C)O. The normalized spacial score (nSPS) is 14.2. The van der Waals surface area contributed by atoms with E-state index in [9.17, 15) is 4.79 Å². The monoisotopic (exact) mass is 265 g/mol. The summed E-state index contributed by atoms with van der Waals surface area (Å²) in [6.45, 7) is 3.77. The van der Waals surface area contributed by atoms with E-state index in [0.29, 0.717) is 26.4 Å². The van der Waals surface area contributed by atoms with Crippen molar-refractivity contribution in [3.8, 4) is 0 Å². The molecule has 0 fully saturated rings. The van der Waals surface area contributed by atoms with Gasteiger partial charge in [0.2, 0.25) is 0 Å². The summed E-state index contributed by atoms with van der Waals surface area (Å²) in [6, 6.07) is -1.01. The molecule has 2 unspecified atom stereocenters. The quantitative estimate of drug-likeness (QED) is 0.362. The van der Waals surface area contributed by atoms with Crippen molar-refractivity contribution in [1.29, 1.82) is 0 Å². The largest absolute Gasteiger partial charge is 0.462 e. The van der Waals surface area contributed by atoms with Crippen LogP contribution in [-0.4, -0.2) is 70.0 Å². The highest BCUT2D eigenvalue weighted by atomic mass is 16.6. The van der Waals surface area contributed by atoms with Gasteiger partial charge < -0.3 is 29.8 Å². The third-order valence-corrected chi connectivity index (χ3v) is 2.07. The van der Waals surface area contributed by atoms with Crippen LogP contribution in [0.2, 0.25) is 0 Å². The standard InChI is InChI=1S/C11H23NO6/c1-9(13)10(12)11(14)18-8-7-17-6-5-16-4-3-15-2/h9-10,13H,3-8,12H2,1-2H3. The molecular formula is C11H23NO6. The van der Waals surface area contributed by atoms with Crippen molar-refractivity contribution in [1.82, 2.24) is 0 Å². The molecule has 0 bridgehead atoms. The number of carbonyl (C=O) groups is 1. The number of esters is 1. The molecule has 108 valence electrons. The van der Waals surface area contributed by atoms with Gasteiger partial charge in [-0.3, -0.25) is 4.79 Å². The lowest BCUT2D eigenvalue weighted by atomic mass is 10.2. The summed E-state index contributed by atoms with van der Waals surface area (Å²) in [5, 5.41) is 9.05. The molecule has 0 heterocycles. The number of aliphatic hydroxyl groups excluding tert-OH is 1. The van der Waals surface area contributed by atoms with Crippen molar-refractivity contribution in [3.05, 3.63) is 0 Å². The predicted octanol–water partition coefficient (Wildman–Crippen LogP) is -1.08. The molecule has 0 aromatic rings. The zero-order valence-corrected chi connectivity index (χ0v) is 11.0. The number of rotatable bonds is 11. The van der Waals surface area contributed by atoms with Crippen molar-refractivity contribution in [2.24, 2.45) is 5.73 Å². The number of hydrogen-bond acceptors (Lipinski definition) is 7. The van der Waals surface area contributed by atoms with Crippen LogP contribution in [0.3, 0.4) is 0 Å². The second-order valence-corrected chi connectivity index (χ2v) is 3.65. The smallest absolute Gasteiger partial charge is 0.325 e. The van der Waals surface area contributed by atoms with Crippen molar-refractivity contribution < 1.29 is 28.8 Å². The molecule has 0 amide bonds. The van der Waals surface area contributed by atoms with Gasteiger partial charge in [-0.1, -0.05) is 0 Å². The number of methoxy groups -OCH3 is 1. The average molecular weight is 265 g/mol. The minimum atomic E-state index is -1.01. The van der Waals surface area contributed by atoms with E-state index in [1.54, 1.807) is 7.11 Å². The fourth-order valence-electron chi connectivity index (χ4n) is 0.959. The Balaban J connectivity index is 3.27. The summed E-state index contributed by atoms with van der Waals surface area (Å²) < 4.78 is 19.9. The Morgan fingerprint density at radius 1 is 1.11 bits per heavy atom. The van der Waals surface area contributed by atoms with Crippen molar-refractivity contribution in [2.45, 2.75) is 19.1 Å². The third-order valence-electron chi connectivity index (χ3n) is 2.07. The number of nitrogens with two attached hydrogens (primary N) is 1. The van der Waals surface area contributed by atoms with E-state index in [0.717, 1.165) is 0 Å². The highest BCUT2D eigenvalue weighted by molar-refractivity contribution is 5.76. The van der Waals surface area contributed by atoms with Crippen LogP contribution in [0.1, 0.15) is 6.92 Å². The highest BCUT2D eigenvalue weighted by Gasteiger charge is 2.19. The van der Waals surface area contributed by atoms with E-state index in [-0.39, 0.29) is 13.2 Å². The molecule has 0 spiro atoms. The van der Waals surface area contributed by atoms with Gasteiger partial charge in [0.25, 0.3) is 0 Å². The van der Waals surface area contributed by atoms with Crippen molar-refractivity contribution >= 4 is 5.97 Å². The van der Waals surface area contributed by atoms with E-state index in [1.165, 1.54) is 6.92 Å². The van der Waals surface area contributed by atoms with E-state index in [2.05, 4.69) is 0 Å². The van der Waals surface area contributed by atoms with Gasteiger partial charge in [-0.05, 0) is 6.92 Å². The van der Waals surface area contributed by atoms with Gasteiger partial charge >= 0.3 is 5.97 Å². The van der Waals surface area contributed by atoms with Crippen LogP contribution < -0.4 is 5.73 Å². The van der Waals surface area contributed by atoms with Gasteiger partial charge in [0.05, 0.1) is 39.1 Å². The Labute approximate surface area is 107 Å². The highest BCUT2D eigenvalue weighted by Crippen LogP contribution is 1.92. The molecule has 0 saturated carbocycles. The van der Waals surface area contributed by atoms with Crippen LogP contribution in [0, 0.1) is 0 Å². The van der Waals surface area contributed by atoms with Gasteiger partial charge in [0, 0.05) is 7.11 Å². The molecule has 0 radical (unpaired) electrons.